The molecule has 1 aromatic rings. The average Bonchev–Trinajstić information content (AvgIpc) is 2.37. The van der Waals surface area contributed by atoms with Crippen molar-refractivity contribution >= 4 is 6.09 Å². The lowest BCUT2D eigenvalue weighted by atomic mass is 9.84. The van der Waals surface area contributed by atoms with Crippen LogP contribution in [0.4, 0.5) is 4.79 Å². The number of likely N-dealkylation sites (tertiary alicyclic amines) is 1. The largest absolute Gasteiger partial charge is 0.444 e. The van der Waals surface area contributed by atoms with E-state index in [-0.39, 0.29) is 6.09 Å². The van der Waals surface area contributed by atoms with Gasteiger partial charge in [-0.2, -0.15) is 0 Å². The van der Waals surface area contributed by atoms with E-state index in [1.807, 2.05) is 52.0 Å². The van der Waals surface area contributed by atoms with E-state index in [0.717, 1.165) is 11.1 Å². The van der Waals surface area contributed by atoms with Gasteiger partial charge < -0.3 is 14.7 Å². The lowest BCUT2D eigenvalue weighted by Crippen LogP contribution is -2.46. The second-order valence-corrected chi connectivity index (χ2v) is 6.87. The Morgan fingerprint density at radius 1 is 1.29 bits per heavy atom. The van der Waals surface area contributed by atoms with Crippen molar-refractivity contribution in [2.24, 2.45) is 0 Å². The summed E-state index contributed by atoms with van der Waals surface area (Å²) >= 11 is 0. The summed E-state index contributed by atoms with van der Waals surface area (Å²) in [6, 6.07) is 7.95. The number of piperidine rings is 1. The summed E-state index contributed by atoms with van der Waals surface area (Å²) in [6.45, 7) is 8.62. The van der Waals surface area contributed by atoms with Crippen molar-refractivity contribution in [1.29, 1.82) is 0 Å². The topological polar surface area (TPSA) is 49.8 Å². The number of carbonyl (C=O) groups is 1. The quantitative estimate of drug-likeness (QED) is 0.864. The SMILES string of the molecule is Cc1cccc(C2(O)CCN(C(=O)OC(C)(C)C)CC2)c1. The van der Waals surface area contributed by atoms with Crippen LogP contribution < -0.4 is 0 Å². The minimum absolute atomic E-state index is 0.297. The van der Waals surface area contributed by atoms with Crippen molar-refractivity contribution in [3.05, 3.63) is 35.4 Å². The summed E-state index contributed by atoms with van der Waals surface area (Å²) in [6.07, 6.45) is 0.777. The molecule has 1 fully saturated rings. The molecule has 1 amide bonds. The molecule has 1 N–H and O–H groups in total. The fourth-order valence-corrected chi connectivity index (χ4v) is 2.61. The molecule has 4 heteroatoms. The minimum atomic E-state index is -0.843. The molecular weight excluding hydrogens is 266 g/mol. The van der Waals surface area contributed by atoms with Gasteiger partial charge in [0.05, 0.1) is 5.60 Å². The van der Waals surface area contributed by atoms with E-state index < -0.39 is 11.2 Å². The van der Waals surface area contributed by atoms with Gasteiger partial charge in [0.15, 0.2) is 0 Å². The van der Waals surface area contributed by atoms with Crippen LogP contribution in [-0.4, -0.2) is 34.8 Å². The Kier molecular flexibility index (Phi) is 4.28. The molecule has 21 heavy (non-hydrogen) atoms. The maximum Gasteiger partial charge on any atom is 0.410 e. The fourth-order valence-electron chi connectivity index (χ4n) is 2.61. The first-order chi connectivity index (χ1) is 9.70. The van der Waals surface area contributed by atoms with Crippen molar-refractivity contribution in [3.63, 3.8) is 0 Å². The first kappa shape index (κ1) is 15.8. The van der Waals surface area contributed by atoms with E-state index in [1.54, 1.807) is 4.90 Å². The first-order valence-electron chi connectivity index (χ1n) is 7.47. The van der Waals surface area contributed by atoms with Crippen molar-refractivity contribution in [1.82, 2.24) is 4.90 Å². The number of benzene rings is 1. The maximum atomic E-state index is 12.0. The normalized spacial score (nSPS) is 18.4. The van der Waals surface area contributed by atoms with Crippen molar-refractivity contribution in [2.75, 3.05) is 13.1 Å². The molecule has 4 nitrogen and oxygen atoms in total. The van der Waals surface area contributed by atoms with Crippen molar-refractivity contribution in [3.8, 4) is 0 Å². The molecule has 2 rings (SSSR count). The van der Waals surface area contributed by atoms with Gasteiger partial charge in [-0.05, 0) is 46.1 Å². The van der Waals surface area contributed by atoms with Crippen molar-refractivity contribution in [2.45, 2.75) is 51.7 Å². The van der Waals surface area contributed by atoms with Crippen LogP contribution in [-0.2, 0) is 10.3 Å². The van der Waals surface area contributed by atoms with Gasteiger partial charge in [-0.1, -0.05) is 29.8 Å². The van der Waals surface area contributed by atoms with Gasteiger partial charge in [0.25, 0.3) is 0 Å². The highest BCUT2D eigenvalue weighted by atomic mass is 16.6. The zero-order valence-electron chi connectivity index (χ0n) is 13.3. The number of aliphatic hydroxyl groups is 1. The molecule has 0 radical (unpaired) electrons. The Morgan fingerprint density at radius 3 is 2.43 bits per heavy atom. The highest BCUT2D eigenvalue weighted by molar-refractivity contribution is 5.68. The van der Waals surface area contributed by atoms with Crippen LogP contribution in [0.15, 0.2) is 24.3 Å². The smallest absolute Gasteiger partial charge is 0.410 e. The van der Waals surface area contributed by atoms with Crippen LogP contribution >= 0.6 is 0 Å². The lowest BCUT2D eigenvalue weighted by Gasteiger charge is -2.39. The van der Waals surface area contributed by atoms with Gasteiger partial charge in [-0.15, -0.1) is 0 Å². The predicted molar refractivity (Wildman–Crippen MR) is 82.1 cm³/mol. The zero-order valence-corrected chi connectivity index (χ0v) is 13.3. The number of ether oxygens (including phenoxy) is 1. The second kappa shape index (κ2) is 5.68. The van der Waals surface area contributed by atoms with E-state index in [2.05, 4.69) is 0 Å². The summed E-state index contributed by atoms with van der Waals surface area (Å²) in [4.78, 5) is 13.7. The summed E-state index contributed by atoms with van der Waals surface area (Å²) in [5, 5.41) is 10.8. The summed E-state index contributed by atoms with van der Waals surface area (Å²) in [5.74, 6) is 0. The molecule has 0 bridgehead atoms. The first-order valence-corrected chi connectivity index (χ1v) is 7.47. The van der Waals surface area contributed by atoms with E-state index in [1.165, 1.54) is 0 Å². The summed E-state index contributed by atoms with van der Waals surface area (Å²) < 4.78 is 5.38. The Labute approximate surface area is 126 Å². The van der Waals surface area contributed by atoms with Gasteiger partial charge in [0.1, 0.15) is 5.60 Å². The molecule has 116 valence electrons. The average molecular weight is 291 g/mol. The molecule has 0 unspecified atom stereocenters. The number of aryl methyl sites for hydroxylation is 1. The van der Waals surface area contributed by atoms with Crippen LogP contribution in [0, 0.1) is 6.92 Å². The van der Waals surface area contributed by atoms with Gasteiger partial charge in [0, 0.05) is 13.1 Å². The molecule has 0 aliphatic carbocycles. The molecule has 1 saturated heterocycles. The van der Waals surface area contributed by atoms with E-state index in [0.29, 0.717) is 25.9 Å². The molecule has 0 spiro atoms. The number of hydrogen-bond acceptors (Lipinski definition) is 3. The van der Waals surface area contributed by atoms with Crippen molar-refractivity contribution < 1.29 is 14.6 Å². The number of rotatable bonds is 1. The summed E-state index contributed by atoms with van der Waals surface area (Å²) in [7, 11) is 0. The van der Waals surface area contributed by atoms with Crippen LogP contribution in [0.5, 0.6) is 0 Å². The number of amides is 1. The van der Waals surface area contributed by atoms with Crippen LogP contribution in [0.1, 0.15) is 44.7 Å². The van der Waals surface area contributed by atoms with E-state index in [4.69, 9.17) is 4.74 Å². The minimum Gasteiger partial charge on any atom is -0.444 e. The Morgan fingerprint density at radius 2 is 1.90 bits per heavy atom. The molecule has 0 saturated carbocycles. The Bertz CT molecular complexity index is 511. The summed E-state index contributed by atoms with van der Waals surface area (Å²) in [5.41, 5.74) is 0.744. The third-order valence-corrected chi connectivity index (χ3v) is 3.80. The highest BCUT2D eigenvalue weighted by Gasteiger charge is 2.36. The third-order valence-electron chi connectivity index (χ3n) is 3.80. The third kappa shape index (κ3) is 3.97. The molecule has 0 aromatic heterocycles. The second-order valence-electron chi connectivity index (χ2n) is 6.87. The fraction of sp³-hybridized carbons (Fsp3) is 0.588. The number of carbonyl (C=O) groups excluding carboxylic acids is 1. The van der Waals surface area contributed by atoms with Gasteiger partial charge in [0.2, 0.25) is 0 Å². The number of hydrogen-bond donors (Lipinski definition) is 1. The molecule has 1 aliphatic heterocycles. The molecule has 1 heterocycles. The number of nitrogens with zero attached hydrogens (tertiary/aromatic N) is 1. The highest BCUT2D eigenvalue weighted by Crippen LogP contribution is 2.33. The Balaban J connectivity index is 2.01. The zero-order chi connectivity index (χ0) is 15.7. The standard InChI is InChI=1S/C17H25NO3/c1-13-6-5-7-14(12-13)17(20)8-10-18(11-9-17)15(19)21-16(2,3)4/h5-7,12,20H,8-11H2,1-4H3. The molecule has 1 aromatic carbocycles. The monoisotopic (exact) mass is 291 g/mol. The van der Waals surface area contributed by atoms with Crippen LogP contribution in [0.3, 0.4) is 0 Å². The molecule has 1 aliphatic rings. The predicted octanol–water partition coefficient (Wildman–Crippen LogP) is 3.21. The van der Waals surface area contributed by atoms with E-state index >= 15 is 0 Å². The Hall–Kier alpha value is -1.55. The lowest BCUT2D eigenvalue weighted by molar-refractivity contribution is -0.0356. The molecule has 0 atom stereocenters. The van der Waals surface area contributed by atoms with Gasteiger partial charge in [-0.3, -0.25) is 0 Å². The van der Waals surface area contributed by atoms with Crippen LogP contribution in [0.25, 0.3) is 0 Å². The maximum absolute atomic E-state index is 12.0. The van der Waals surface area contributed by atoms with E-state index in [9.17, 15) is 9.90 Å². The molecular formula is C17H25NO3. The van der Waals surface area contributed by atoms with Gasteiger partial charge >= 0.3 is 6.09 Å². The van der Waals surface area contributed by atoms with Gasteiger partial charge in [-0.25, -0.2) is 4.79 Å². The van der Waals surface area contributed by atoms with Crippen LogP contribution in [0.2, 0.25) is 0 Å².